The number of nitrogens with zero attached hydrogens (tertiary/aromatic N) is 2. The number of aromatic amines is 1. The Balaban J connectivity index is 1.54. The summed E-state index contributed by atoms with van der Waals surface area (Å²) >= 11 is 0. The standard InChI is InChI=1S/C23H23FN4O2/c1-2-12-7-8-18(17-11-26-22-16(17)9-15(24)10-25-22)27-21(12)28-20-14-5-3-13(4-6-14)19(20)23(29)30/h2,7-11,13-14,19-20H,1,3-6H2,(H,25,26)(H,27,28)(H,29,30)/p+1/t13?,14?,19-,20-/m1/s1. The molecule has 3 saturated carbocycles. The van der Waals surface area contributed by atoms with E-state index in [9.17, 15) is 14.3 Å². The Morgan fingerprint density at radius 2 is 2.03 bits per heavy atom. The van der Waals surface area contributed by atoms with Crippen molar-refractivity contribution in [3.63, 3.8) is 0 Å². The zero-order chi connectivity index (χ0) is 20.8. The number of aromatic nitrogens is 3. The van der Waals surface area contributed by atoms with Crippen molar-refractivity contribution in [2.75, 3.05) is 0 Å². The summed E-state index contributed by atoms with van der Waals surface area (Å²) in [5, 5.41) is 12.6. The van der Waals surface area contributed by atoms with E-state index in [4.69, 9.17) is 4.98 Å². The quantitative estimate of drug-likeness (QED) is 0.603. The van der Waals surface area contributed by atoms with E-state index in [2.05, 4.69) is 16.5 Å². The first-order chi connectivity index (χ1) is 14.5. The van der Waals surface area contributed by atoms with E-state index in [1.54, 1.807) is 12.3 Å². The van der Waals surface area contributed by atoms with E-state index in [1.165, 1.54) is 12.3 Å². The van der Waals surface area contributed by atoms with Crippen LogP contribution >= 0.6 is 0 Å². The lowest BCUT2D eigenvalue weighted by Crippen LogP contribution is -2.90. The van der Waals surface area contributed by atoms with E-state index in [-0.39, 0.29) is 17.9 Å². The molecule has 4 N–H and O–H groups in total. The number of carbonyl (C=O) groups is 1. The highest BCUT2D eigenvalue weighted by Gasteiger charge is 2.50. The van der Waals surface area contributed by atoms with Crippen molar-refractivity contribution < 1.29 is 19.6 Å². The van der Waals surface area contributed by atoms with Crippen LogP contribution in [0.15, 0.2) is 37.2 Å². The summed E-state index contributed by atoms with van der Waals surface area (Å²) < 4.78 is 13.7. The van der Waals surface area contributed by atoms with Gasteiger partial charge < -0.3 is 10.1 Å². The number of halogens is 1. The van der Waals surface area contributed by atoms with E-state index in [0.717, 1.165) is 42.6 Å². The van der Waals surface area contributed by atoms with Gasteiger partial charge in [0.2, 0.25) is 5.82 Å². The molecule has 3 aliphatic carbocycles. The fourth-order valence-corrected chi connectivity index (χ4v) is 5.42. The molecule has 3 fully saturated rings. The maximum absolute atomic E-state index is 13.7. The molecule has 154 valence electrons. The molecule has 0 spiro atoms. The lowest BCUT2D eigenvalue weighted by Gasteiger charge is -2.44. The predicted octanol–water partition coefficient (Wildman–Crippen LogP) is 3.49. The van der Waals surface area contributed by atoms with Gasteiger partial charge in [-0.05, 0) is 49.8 Å². The molecule has 0 radical (unpaired) electrons. The molecule has 6 rings (SSSR count). The minimum absolute atomic E-state index is 0.0291. The second-order valence-electron chi connectivity index (χ2n) is 8.41. The van der Waals surface area contributed by atoms with Crippen molar-refractivity contribution in [2.24, 2.45) is 17.8 Å². The molecule has 0 aliphatic heterocycles. The minimum Gasteiger partial charge on any atom is -0.481 e. The molecule has 2 bridgehead atoms. The SMILES string of the molecule is C=Cc1ccc(-c2c[nH]c3ncc(F)cc23)nc1[NH2+][C@@H]1C2CCC(CC2)[C@H]1C(=O)O. The molecule has 0 amide bonds. The molecule has 0 unspecified atom stereocenters. The van der Waals surface area contributed by atoms with Gasteiger partial charge in [-0.2, -0.15) is 4.98 Å². The van der Waals surface area contributed by atoms with Gasteiger partial charge in [0.1, 0.15) is 23.4 Å². The number of nitrogens with one attached hydrogen (secondary N) is 1. The van der Waals surface area contributed by atoms with Crippen molar-refractivity contribution >= 4 is 28.9 Å². The summed E-state index contributed by atoms with van der Waals surface area (Å²) in [6, 6.07) is 5.23. The molecule has 0 saturated heterocycles. The number of aliphatic carboxylic acids is 1. The van der Waals surface area contributed by atoms with Crippen LogP contribution in [0.2, 0.25) is 0 Å². The summed E-state index contributed by atoms with van der Waals surface area (Å²) in [4.78, 5) is 24.0. The molecule has 2 atom stereocenters. The first-order valence-electron chi connectivity index (χ1n) is 10.4. The zero-order valence-corrected chi connectivity index (χ0v) is 16.5. The Kier molecular flexibility index (Phi) is 4.62. The smallest absolute Gasteiger partial charge is 0.312 e. The molecule has 3 heterocycles. The van der Waals surface area contributed by atoms with Gasteiger partial charge in [-0.3, -0.25) is 10.1 Å². The number of carboxylic acid groups (broad SMARTS) is 1. The highest BCUT2D eigenvalue weighted by Crippen LogP contribution is 2.44. The van der Waals surface area contributed by atoms with Crippen LogP contribution in [0.25, 0.3) is 28.4 Å². The van der Waals surface area contributed by atoms with Crippen LogP contribution in [0.1, 0.15) is 31.2 Å². The number of quaternary nitrogens is 1. The summed E-state index contributed by atoms with van der Waals surface area (Å²) in [6.45, 7) is 3.90. The molecular weight excluding hydrogens is 383 g/mol. The van der Waals surface area contributed by atoms with Crippen molar-refractivity contribution in [1.82, 2.24) is 15.0 Å². The molecule has 0 aromatic carbocycles. The monoisotopic (exact) mass is 407 g/mol. The largest absolute Gasteiger partial charge is 0.481 e. The fourth-order valence-electron chi connectivity index (χ4n) is 5.42. The second-order valence-corrected chi connectivity index (χ2v) is 8.41. The number of H-pyrrole nitrogens is 1. The van der Waals surface area contributed by atoms with E-state index in [1.807, 2.05) is 17.4 Å². The van der Waals surface area contributed by atoms with Crippen LogP contribution in [0.3, 0.4) is 0 Å². The van der Waals surface area contributed by atoms with Crippen molar-refractivity contribution in [3.05, 3.63) is 48.6 Å². The van der Waals surface area contributed by atoms with Crippen molar-refractivity contribution in [2.45, 2.75) is 31.7 Å². The molecule has 3 aromatic rings. The highest BCUT2D eigenvalue weighted by molar-refractivity contribution is 5.92. The van der Waals surface area contributed by atoms with E-state index >= 15 is 0 Å². The third-order valence-electron chi connectivity index (χ3n) is 6.87. The lowest BCUT2D eigenvalue weighted by atomic mass is 9.61. The lowest BCUT2D eigenvalue weighted by molar-refractivity contribution is -0.635. The second kappa shape index (κ2) is 7.32. The number of hydrogen-bond donors (Lipinski definition) is 3. The average molecular weight is 407 g/mol. The molecule has 30 heavy (non-hydrogen) atoms. The van der Waals surface area contributed by atoms with Crippen molar-refractivity contribution in [1.29, 1.82) is 0 Å². The average Bonchev–Trinajstić information content (AvgIpc) is 3.17. The molecule has 3 aliphatic rings. The summed E-state index contributed by atoms with van der Waals surface area (Å²) in [5.41, 5.74) is 2.93. The summed E-state index contributed by atoms with van der Waals surface area (Å²) in [5.74, 6) is -0.102. The Labute approximate surface area is 173 Å². The number of pyridine rings is 2. The first kappa shape index (κ1) is 18.9. The van der Waals surface area contributed by atoms with Gasteiger partial charge in [-0.1, -0.05) is 12.7 Å². The molecular formula is C23H24FN4O2+. The minimum atomic E-state index is -0.708. The third kappa shape index (κ3) is 3.10. The Bertz CT molecular complexity index is 1130. The van der Waals surface area contributed by atoms with Gasteiger partial charge in [0.15, 0.2) is 0 Å². The number of rotatable bonds is 5. The summed E-state index contributed by atoms with van der Waals surface area (Å²) in [7, 11) is 0. The van der Waals surface area contributed by atoms with E-state index < -0.39 is 11.8 Å². The van der Waals surface area contributed by atoms with Gasteiger partial charge in [-0.15, -0.1) is 0 Å². The van der Waals surface area contributed by atoms with Gasteiger partial charge >= 0.3 is 5.97 Å². The fraction of sp³-hybridized carbons (Fsp3) is 0.348. The van der Waals surface area contributed by atoms with Gasteiger partial charge in [-0.25, -0.2) is 9.37 Å². The Morgan fingerprint density at radius 3 is 2.77 bits per heavy atom. The Hall–Kier alpha value is -3.06. The normalized spacial score (nSPS) is 25.5. The van der Waals surface area contributed by atoms with Crippen LogP contribution in [0.5, 0.6) is 0 Å². The van der Waals surface area contributed by atoms with Crippen LogP contribution < -0.4 is 5.32 Å². The molecule has 3 aromatic heterocycles. The van der Waals surface area contributed by atoms with Gasteiger partial charge in [0.05, 0.1) is 17.5 Å². The van der Waals surface area contributed by atoms with Crippen LogP contribution in [0.4, 0.5) is 10.2 Å². The number of carboxylic acids is 1. The number of nitrogens with two attached hydrogens (primary N) is 1. The zero-order valence-electron chi connectivity index (χ0n) is 16.5. The topological polar surface area (TPSA) is 95.5 Å². The maximum Gasteiger partial charge on any atom is 0.312 e. The number of fused-ring (bicyclic) bond motifs is 4. The van der Waals surface area contributed by atoms with Gasteiger partial charge in [0, 0.05) is 23.1 Å². The maximum atomic E-state index is 13.7. The predicted molar refractivity (Wildman–Crippen MR) is 111 cm³/mol. The van der Waals surface area contributed by atoms with Crippen molar-refractivity contribution in [3.8, 4) is 11.3 Å². The number of hydrogen-bond acceptors (Lipinski definition) is 3. The third-order valence-corrected chi connectivity index (χ3v) is 6.87. The highest BCUT2D eigenvalue weighted by atomic mass is 19.1. The van der Waals surface area contributed by atoms with E-state index in [0.29, 0.717) is 22.6 Å². The summed E-state index contributed by atoms with van der Waals surface area (Å²) in [6.07, 6.45) is 8.86. The van der Waals surface area contributed by atoms with Crippen LogP contribution in [0, 0.1) is 23.6 Å². The molecule has 6 nitrogen and oxygen atoms in total. The first-order valence-corrected chi connectivity index (χ1v) is 10.4. The van der Waals surface area contributed by atoms with Gasteiger partial charge in [0.25, 0.3) is 0 Å². The van der Waals surface area contributed by atoms with Crippen LogP contribution in [-0.4, -0.2) is 32.1 Å². The van der Waals surface area contributed by atoms with Crippen LogP contribution in [-0.2, 0) is 4.79 Å². The Morgan fingerprint density at radius 1 is 1.27 bits per heavy atom. The molecule has 7 heteroatoms.